The van der Waals surface area contributed by atoms with Gasteiger partial charge >= 0.3 is 6.18 Å². The standard InChI is InChI=1S/C23H28F3N7O2/c24-23(25,26)14-2-1-3-15(8-14)28-20-19(11-27)21(31-22(30-20)29-16-9-18(34)10-16)33-12-17(13-33)32-4-6-35-7-5-32/h1-3,8,11,16-18,27,34H,4-7,9-10,12-13H2,(H2,28,29,30,31). The van der Waals surface area contributed by atoms with E-state index in [1.165, 1.54) is 12.1 Å². The molecule has 3 heterocycles. The summed E-state index contributed by atoms with van der Waals surface area (Å²) < 4.78 is 45.1. The van der Waals surface area contributed by atoms with Gasteiger partial charge in [-0.15, -0.1) is 0 Å². The first-order valence-electron chi connectivity index (χ1n) is 11.7. The van der Waals surface area contributed by atoms with Gasteiger partial charge < -0.3 is 30.8 Å². The van der Waals surface area contributed by atoms with Gasteiger partial charge in [-0.2, -0.15) is 23.1 Å². The zero-order chi connectivity index (χ0) is 24.6. The summed E-state index contributed by atoms with van der Waals surface area (Å²) in [6.45, 7) is 4.62. The molecular weight excluding hydrogens is 463 g/mol. The van der Waals surface area contributed by atoms with Gasteiger partial charge in [-0.05, 0) is 31.0 Å². The zero-order valence-electron chi connectivity index (χ0n) is 19.1. The first-order valence-corrected chi connectivity index (χ1v) is 11.7. The molecule has 1 aliphatic carbocycles. The van der Waals surface area contributed by atoms with E-state index in [0.29, 0.717) is 49.4 Å². The van der Waals surface area contributed by atoms with Crippen LogP contribution < -0.4 is 15.5 Å². The molecule has 3 aliphatic rings. The molecule has 12 heteroatoms. The van der Waals surface area contributed by atoms with Gasteiger partial charge in [0, 0.05) is 50.2 Å². The van der Waals surface area contributed by atoms with Gasteiger partial charge in [0.05, 0.1) is 30.4 Å². The number of alkyl halides is 3. The summed E-state index contributed by atoms with van der Waals surface area (Å²) in [7, 11) is 0. The number of hydrogen-bond acceptors (Lipinski definition) is 9. The summed E-state index contributed by atoms with van der Waals surface area (Å²) in [5.41, 5.74) is -0.152. The maximum absolute atomic E-state index is 13.2. The van der Waals surface area contributed by atoms with Crippen molar-refractivity contribution in [1.29, 1.82) is 5.41 Å². The van der Waals surface area contributed by atoms with Crippen molar-refractivity contribution >= 4 is 29.5 Å². The van der Waals surface area contributed by atoms with Crippen molar-refractivity contribution < 1.29 is 23.0 Å². The third kappa shape index (κ3) is 5.19. The highest BCUT2D eigenvalue weighted by Crippen LogP contribution is 2.34. The molecule has 3 fully saturated rings. The number of morpholine rings is 1. The Kier molecular flexibility index (Phi) is 6.51. The Morgan fingerprint density at radius 2 is 1.89 bits per heavy atom. The van der Waals surface area contributed by atoms with Gasteiger partial charge in [0.1, 0.15) is 11.6 Å². The predicted molar refractivity (Wildman–Crippen MR) is 126 cm³/mol. The highest BCUT2D eigenvalue weighted by Gasteiger charge is 2.36. The van der Waals surface area contributed by atoms with Crippen LogP contribution in [0.2, 0.25) is 0 Å². The molecule has 188 valence electrons. The van der Waals surface area contributed by atoms with E-state index in [0.717, 1.165) is 44.5 Å². The minimum Gasteiger partial charge on any atom is -0.393 e. The fourth-order valence-corrected chi connectivity index (χ4v) is 4.59. The van der Waals surface area contributed by atoms with Crippen LogP contribution in [0.25, 0.3) is 0 Å². The number of hydrogen-bond donors (Lipinski definition) is 4. The fraction of sp³-hybridized carbons (Fsp3) is 0.522. The molecule has 2 aromatic rings. The molecule has 0 unspecified atom stereocenters. The van der Waals surface area contributed by atoms with Crippen molar-refractivity contribution in [3.63, 3.8) is 0 Å². The quantitative estimate of drug-likeness (QED) is 0.438. The summed E-state index contributed by atoms with van der Waals surface area (Å²) >= 11 is 0. The molecule has 0 radical (unpaired) electrons. The van der Waals surface area contributed by atoms with Crippen LogP contribution in [0, 0.1) is 5.41 Å². The average molecular weight is 492 g/mol. The lowest BCUT2D eigenvalue weighted by Gasteiger charge is -2.47. The summed E-state index contributed by atoms with van der Waals surface area (Å²) in [5.74, 6) is 1.12. The molecule has 4 N–H and O–H groups in total. The van der Waals surface area contributed by atoms with Crippen LogP contribution in [0.3, 0.4) is 0 Å². The van der Waals surface area contributed by atoms with Crippen LogP contribution in [-0.4, -0.2) is 83.8 Å². The van der Waals surface area contributed by atoms with Crippen LogP contribution in [0.1, 0.15) is 24.0 Å². The minimum atomic E-state index is -4.47. The third-order valence-corrected chi connectivity index (χ3v) is 6.69. The Morgan fingerprint density at radius 3 is 2.54 bits per heavy atom. The second-order valence-electron chi connectivity index (χ2n) is 9.15. The van der Waals surface area contributed by atoms with E-state index in [1.807, 2.05) is 0 Å². The van der Waals surface area contributed by atoms with Gasteiger partial charge in [-0.1, -0.05) is 6.07 Å². The Morgan fingerprint density at radius 1 is 1.14 bits per heavy atom. The van der Waals surface area contributed by atoms with Crippen LogP contribution >= 0.6 is 0 Å². The van der Waals surface area contributed by atoms with Gasteiger partial charge in [0.2, 0.25) is 5.95 Å². The summed E-state index contributed by atoms with van der Waals surface area (Å²) in [4.78, 5) is 13.6. The highest BCUT2D eigenvalue weighted by atomic mass is 19.4. The number of ether oxygens (including phenoxy) is 1. The van der Waals surface area contributed by atoms with Crippen LogP contribution in [0.4, 0.5) is 36.4 Å². The maximum atomic E-state index is 13.2. The maximum Gasteiger partial charge on any atom is 0.416 e. The smallest absolute Gasteiger partial charge is 0.393 e. The molecule has 1 aromatic carbocycles. The van der Waals surface area contributed by atoms with Crippen LogP contribution in [0.15, 0.2) is 24.3 Å². The number of benzene rings is 1. The predicted octanol–water partition coefficient (Wildman–Crippen LogP) is 2.69. The van der Waals surface area contributed by atoms with Gasteiger partial charge in [-0.25, -0.2) is 0 Å². The van der Waals surface area contributed by atoms with E-state index in [9.17, 15) is 18.3 Å². The molecule has 1 saturated carbocycles. The third-order valence-electron chi connectivity index (χ3n) is 6.69. The van der Waals surface area contributed by atoms with Crippen molar-refractivity contribution in [2.45, 2.75) is 37.2 Å². The molecule has 35 heavy (non-hydrogen) atoms. The molecule has 0 amide bonds. The lowest BCUT2D eigenvalue weighted by atomic mass is 9.90. The number of nitrogens with zero attached hydrogens (tertiary/aromatic N) is 4. The molecule has 2 saturated heterocycles. The topological polar surface area (TPSA) is 110 Å². The second-order valence-corrected chi connectivity index (χ2v) is 9.15. The lowest BCUT2D eigenvalue weighted by molar-refractivity contribution is -0.137. The normalized spacial score (nSPS) is 23.4. The molecule has 2 aliphatic heterocycles. The van der Waals surface area contributed by atoms with Crippen molar-refractivity contribution in [3.8, 4) is 0 Å². The molecule has 9 nitrogen and oxygen atoms in total. The largest absolute Gasteiger partial charge is 0.416 e. The molecule has 0 spiro atoms. The van der Waals surface area contributed by atoms with Gasteiger partial charge in [0.15, 0.2) is 0 Å². The Hall–Kier alpha value is -2.96. The number of aliphatic hydroxyl groups excluding tert-OH is 1. The Balaban J connectivity index is 1.42. The minimum absolute atomic E-state index is 0.0163. The van der Waals surface area contributed by atoms with Gasteiger partial charge in [-0.3, -0.25) is 4.90 Å². The van der Waals surface area contributed by atoms with Crippen molar-refractivity contribution in [2.24, 2.45) is 0 Å². The zero-order valence-corrected chi connectivity index (χ0v) is 19.1. The van der Waals surface area contributed by atoms with Crippen molar-refractivity contribution in [2.75, 3.05) is 54.9 Å². The molecule has 0 atom stereocenters. The van der Waals surface area contributed by atoms with Crippen molar-refractivity contribution in [1.82, 2.24) is 14.9 Å². The van der Waals surface area contributed by atoms with E-state index in [1.54, 1.807) is 0 Å². The number of rotatable bonds is 7. The van der Waals surface area contributed by atoms with Crippen LogP contribution in [-0.2, 0) is 10.9 Å². The number of nitrogens with one attached hydrogen (secondary N) is 3. The Labute approximate surface area is 200 Å². The SMILES string of the molecule is N=Cc1c(Nc2cccc(C(F)(F)F)c2)nc(NC2CC(O)C2)nc1N1CC(N2CCOCC2)C1. The first-order chi connectivity index (χ1) is 16.8. The average Bonchev–Trinajstić information content (AvgIpc) is 2.77. The molecular formula is C23H28F3N7O2. The number of aliphatic hydroxyl groups is 1. The van der Waals surface area contributed by atoms with E-state index < -0.39 is 11.7 Å². The molecule has 1 aromatic heterocycles. The summed E-state index contributed by atoms with van der Waals surface area (Å²) in [6.07, 6.45) is -2.55. The second kappa shape index (κ2) is 9.59. The van der Waals surface area contributed by atoms with Crippen LogP contribution in [0.5, 0.6) is 0 Å². The number of aromatic nitrogens is 2. The summed E-state index contributed by atoms with van der Waals surface area (Å²) in [6, 6.07) is 5.25. The van der Waals surface area contributed by atoms with E-state index >= 15 is 0 Å². The van der Waals surface area contributed by atoms with E-state index in [-0.39, 0.29) is 23.7 Å². The highest BCUT2D eigenvalue weighted by molar-refractivity contribution is 5.93. The molecule has 0 bridgehead atoms. The fourth-order valence-electron chi connectivity index (χ4n) is 4.59. The summed E-state index contributed by atoms with van der Waals surface area (Å²) in [5, 5.41) is 23.8. The monoisotopic (exact) mass is 491 g/mol. The Bertz CT molecular complexity index is 1070. The number of halogens is 3. The first kappa shape index (κ1) is 23.8. The van der Waals surface area contributed by atoms with Gasteiger partial charge in [0.25, 0.3) is 0 Å². The van der Waals surface area contributed by atoms with E-state index in [2.05, 4.69) is 30.4 Å². The molecule has 5 rings (SSSR count). The number of anilines is 4. The lowest BCUT2D eigenvalue weighted by Crippen LogP contribution is -2.62. The van der Waals surface area contributed by atoms with E-state index in [4.69, 9.17) is 10.1 Å². The van der Waals surface area contributed by atoms with Crippen molar-refractivity contribution in [3.05, 3.63) is 35.4 Å².